The average Bonchev–Trinajstić information content (AvgIpc) is 2.75. The van der Waals surface area contributed by atoms with Crippen molar-refractivity contribution in [1.29, 1.82) is 0 Å². The van der Waals surface area contributed by atoms with Crippen molar-refractivity contribution in [3.05, 3.63) is 42.0 Å². The monoisotopic (exact) mass is 346 g/mol. The lowest BCUT2D eigenvalue weighted by molar-refractivity contribution is -0.140. The Morgan fingerprint density at radius 2 is 1.64 bits per heavy atom. The number of benzene rings is 1. The van der Waals surface area contributed by atoms with E-state index in [1.54, 1.807) is 6.92 Å². The van der Waals surface area contributed by atoms with Crippen LogP contribution >= 0.6 is 0 Å². The summed E-state index contributed by atoms with van der Waals surface area (Å²) in [6.07, 6.45) is 0. The third-order valence-electron chi connectivity index (χ3n) is 4.58. The van der Waals surface area contributed by atoms with E-state index in [0.717, 1.165) is 11.0 Å². The lowest BCUT2D eigenvalue weighted by Crippen LogP contribution is -2.41. The molecule has 5 nitrogen and oxygen atoms in total. The molecule has 6 heteroatoms. The Kier molecular flexibility index (Phi) is 6.09. The van der Waals surface area contributed by atoms with Crippen LogP contribution in [-0.4, -0.2) is 37.5 Å². The van der Waals surface area contributed by atoms with E-state index in [1.165, 1.54) is 0 Å². The Hall–Kier alpha value is -1.63. The zero-order valence-electron chi connectivity index (χ0n) is 15.8. The van der Waals surface area contributed by atoms with Gasteiger partial charge in [0.05, 0.1) is 24.4 Å². The van der Waals surface area contributed by atoms with Crippen molar-refractivity contribution in [2.75, 3.05) is 13.2 Å². The minimum absolute atomic E-state index is 0.220. The third kappa shape index (κ3) is 4.94. The fourth-order valence-electron chi connectivity index (χ4n) is 2.26. The molecule has 25 heavy (non-hydrogen) atoms. The van der Waals surface area contributed by atoms with Crippen molar-refractivity contribution in [1.82, 2.24) is 0 Å². The predicted octanol–water partition coefficient (Wildman–Crippen LogP) is 2.62. The summed E-state index contributed by atoms with van der Waals surface area (Å²) in [5.41, 5.74) is 1.71. The number of esters is 1. The molecule has 1 aliphatic heterocycles. The summed E-state index contributed by atoms with van der Waals surface area (Å²) in [5, 5.41) is 0. The molecular formula is C19H27BO5. The van der Waals surface area contributed by atoms with Gasteiger partial charge in [-0.3, -0.25) is 0 Å². The van der Waals surface area contributed by atoms with Crippen LogP contribution in [0.1, 0.15) is 40.2 Å². The maximum absolute atomic E-state index is 11.2. The van der Waals surface area contributed by atoms with Crippen molar-refractivity contribution in [2.45, 2.75) is 52.4 Å². The van der Waals surface area contributed by atoms with Crippen LogP contribution in [0.3, 0.4) is 0 Å². The summed E-state index contributed by atoms with van der Waals surface area (Å²) in [6, 6.07) is 7.95. The summed E-state index contributed by atoms with van der Waals surface area (Å²) in [6.45, 7) is 14.3. The van der Waals surface area contributed by atoms with Gasteiger partial charge in [-0.15, -0.1) is 0 Å². The molecule has 136 valence electrons. The van der Waals surface area contributed by atoms with Crippen LogP contribution < -0.4 is 5.46 Å². The SMILES string of the molecule is C=C(C)C(=O)OCCOCc1ccc(B2OC(C)(C)C(C)(C)O2)cc1. The van der Waals surface area contributed by atoms with E-state index >= 15 is 0 Å². The van der Waals surface area contributed by atoms with Crippen LogP contribution in [0.4, 0.5) is 0 Å². The van der Waals surface area contributed by atoms with Crippen LogP contribution in [0, 0.1) is 0 Å². The summed E-state index contributed by atoms with van der Waals surface area (Å²) >= 11 is 0. The van der Waals surface area contributed by atoms with Crippen molar-refractivity contribution in [3.63, 3.8) is 0 Å². The molecule has 0 saturated carbocycles. The van der Waals surface area contributed by atoms with E-state index in [9.17, 15) is 4.79 Å². The largest absolute Gasteiger partial charge is 0.494 e. The third-order valence-corrected chi connectivity index (χ3v) is 4.58. The molecule has 0 spiro atoms. The zero-order chi connectivity index (χ0) is 18.7. The molecule has 1 aliphatic rings. The topological polar surface area (TPSA) is 54.0 Å². The van der Waals surface area contributed by atoms with Gasteiger partial charge in [-0.1, -0.05) is 30.8 Å². The Labute approximate surface area is 150 Å². The van der Waals surface area contributed by atoms with Gasteiger partial charge in [0, 0.05) is 5.57 Å². The summed E-state index contributed by atoms with van der Waals surface area (Å²) in [5.74, 6) is -0.393. The molecule has 0 unspecified atom stereocenters. The van der Waals surface area contributed by atoms with Crippen molar-refractivity contribution >= 4 is 18.6 Å². The van der Waals surface area contributed by atoms with Gasteiger partial charge in [-0.2, -0.15) is 0 Å². The Morgan fingerprint density at radius 1 is 1.08 bits per heavy atom. The van der Waals surface area contributed by atoms with E-state index in [0.29, 0.717) is 18.8 Å². The first-order valence-corrected chi connectivity index (χ1v) is 8.47. The first-order valence-electron chi connectivity index (χ1n) is 8.47. The number of hydrogen-bond donors (Lipinski definition) is 0. The zero-order valence-corrected chi connectivity index (χ0v) is 15.8. The molecule has 0 N–H and O–H groups in total. The van der Waals surface area contributed by atoms with Crippen molar-refractivity contribution < 1.29 is 23.6 Å². The predicted molar refractivity (Wildman–Crippen MR) is 97.6 cm³/mol. The van der Waals surface area contributed by atoms with E-state index in [4.69, 9.17) is 18.8 Å². The molecule has 0 aromatic heterocycles. The summed E-state index contributed by atoms with van der Waals surface area (Å²) < 4.78 is 22.6. The Bertz CT molecular complexity index is 605. The Morgan fingerprint density at radius 3 is 2.16 bits per heavy atom. The molecule has 1 fully saturated rings. The number of carbonyl (C=O) groups is 1. The Balaban J connectivity index is 1.79. The number of rotatable bonds is 7. The van der Waals surface area contributed by atoms with Crippen LogP contribution in [0.25, 0.3) is 0 Å². The standard InChI is InChI=1S/C19H27BO5/c1-14(2)17(21)23-12-11-22-13-15-7-9-16(10-8-15)20-24-18(3,4)19(5,6)25-20/h7-10H,1,11-13H2,2-6H3. The van der Waals surface area contributed by atoms with Gasteiger partial charge in [0.25, 0.3) is 0 Å². The minimum atomic E-state index is -0.393. The quantitative estimate of drug-likeness (QED) is 0.329. The maximum Gasteiger partial charge on any atom is 0.494 e. The molecule has 0 amide bonds. The highest BCUT2D eigenvalue weighted by Gasteiger charge is 2.51. The molecular weight excluding hydrogens is 319 g/mol. The smallest absolute Gasteiger partial charge is 0.460 e. The van der Waals surface area contributed by atoms with Crippen LogP contribution in [0.2, 0.25) is 0 Å². The minimum Gasteiger partial charge on any atom is -0.460 e. The normalized spacial score (nSPS) is 18.2. The summed E-state index contributed by atoms with van der Waals surface area (Å²) in [4.78, 5) is 11.2. The van der Waals surface area contributed by atoms with E-state index in [1.807, 2.05) is 52.0 Å². The molecule has 1 heterocycles. The van der Waals surface area contributed by atoms with E-state index in [2.05, 4.69) is 6.58 Å². The summed E-state index contributed by atoms with van der Waals surface area (Å²) in [7, 11) is -0.360. The van der Waals surface area contributed by atoms with Crippen LogP contribution in [-0.2, 0) is 30.2 Å². The molecule has 0 radical (unpaired) electrons. The fourth-order valence-corrected chi connectivity index (χ4v) is 2.26. The average molecular weight is 346 g/mol. The molecule has 0 bridgehead atoms. The molecule has 1 aromatic carbocycles. The molecule has 2 rings (SSSR count). The van der Waals surface area contributed by atoms with Gasteiger partial charge in [0.1, 0.15) is 6.61 Å². The van der Waals surface area contributed by atoms with Crippen molar-refractivity contribution in [3.8, 4) is 0 Å². The highest BCUT2D eigenvalue weighted by atomic mass is 16.7. The molecule has 1 aromatic rings. The molecule has 0 aliphatic carbocycles. The van der Waals surface area contributed by atoms with Crippen LogP contribution in [0.15, 0.2) is 36.4 Å². The second kappa shape index (κ2) is 7.73. The van der Waals surface area contributed by atoms with Crippen molar-refractivity contribution in [2.24, 2.45) is 0 Å². The van der Waals surface area contributed by atoms with Gasteiger partial charge in [0.15, 0.2) is 0 Å². The van der Waals surface area contributed by atoms with E-state index in [-0.39, 0.29) is 24.9 Å². The van der Waals surface area contributed by atoms with Gasteiger partial charge in [0.2, 0.25) is 0 Å². The molecule has 1 saturated heterocycles. The molecule has 0 atom stereocenters. The van der Waals surface area contributed by atoms with Gasteiger partial charge in [-0.25, -0.2) is 4.79 Å². The van der Waals surface area contributed by atoms with Gasteiger partial charge >= 0.3 is 13.1 Å². The lowest BCUT2D eigenvalue weighted by Gasteiger charge is -2.32. The highest BCUT2D eigenvalue weighted by Crippen LogP contribution is 2.36. The lowest BCUT2D eigenvalue weighted by atomic mass is 9.79. The fraction of sp³-hybridized carbons (Fsp3) is 0.526. The second-order valence-corrected chi connectivity index (χ2v) is 7.30. The highest BCUT2D eigenvalue weighted by molar-refractivity contribution is 6.62. The maximum atomic E-state index is 11.2. The first kappa shape index (κ1) is 19.7. The van der Waals surface area contributed by atoms with E-state index < -0.39 is 5.97 Å². The van der Waals surface area contributed by atoms with Crippen LogP contribution in [0.5, 0.6) is 0 Å². The first-order chi connectivity index (χ1) is 11.6. The number of carbonyl (C=O) groups excluding carboxylic acids is 1. The number of ether oxygens (including phenoxy) is 2. The second-order valence-electron chi connectivity index (χ2n) is 7.30. The van der Waals surface area contributed by atoms with Gasteiger partial charge < -0.3 is 18.8 Å². The number of hydrogen-bond acceptors (Lipinski definition) is 5. The van der Waals surface area contributed by atoms with Gasteiger partial charge in [-0.05, 0) is 45.6 Å².